The molecular weight excluding hydrogens is 388 g/mol. The van der Waals surface area contributed by atoms with E-state index < -0.39 is 0 Å². The highest BCUT2D eigenvalue weighted by Gasteiger charge is 2.23. The fourth-order valence-electron chi connectivity index (χ4n) is 4.92. The lowest BCUT2D eigenvalue weighted by Gasteiger charge is -2.26. The Kier molecular flexibility index (Phi) is 6.02. The summed E-state index contributed by atoms with van der Waals surface area (Å²) in [6, 6.07) is 11.1. The Labute approximate surface area is 183 Å². The summed E-state index contributed by atoms with van der Waals surface area (Å²) in [7, 11) is 0. The number of hydrogen-bond acceptors (Lipinski definition) is 6. The molecule has 5 rings (SSSR count). The fourth-order valence-corrected chi connectivity index (χ4v) is 4.92. The van der Waals surface area contributed by atoms with E-state index in [2.05, 4.69) is 39.5 Å². The minimum atomic E-state index is -0.169. The van der Waals surface area contributed by atoms with Crippen LogP contribution in [0.25, 0.3) is 11.2 Å². The molecule has 2 fully saturated rings. The van der Waals surface area contributed by atoms with Crippen molar-refractivity contribution < 1.29 is 5.11 Å². The number of rotatable bonds is 6. The summed E-state index contributed by atoms with van der Waals surface area (Å²) in [5.41, 5.74) is 2.96. The number of benzene rings is 1. The zero-order chi connectivity index (χ0) is 21.0. The van der Waals surface area contributed by atoms with Gasteiger partial charge in [0.25, 0.3) is 0 Å². The lowest BCUT2D eigenvalue weighted by Crippen LogP contribution is -2.29. The third-order valence-corrected chi connectivity index (χ3v) is 6.72. The summed E-state index contributed by atoms with van der Waals surface area (Å²) in [5, 5.41) is 16.9. The predicted molar refractivity (Wildman–Crippen MR) is 123 cm³/mol. The number of hydrogen-bond donors (Lipinski definition) is 3. The molecule has 1 aromatic carbocycles. The molecule has 0 amide bonds. The molecule has 2 heterocycles. The lowest BCUT2D eigenvalue weighted by atomic mass is 9.93. The van der Waals surface area contributed by atoms with E-state index in [1.807, 2.05) is 12.4 Å². The van der Waals surface area contributed by atoms with Crippen LogP contribution >= 0.6 is 0 Å². The minimum Gasteiger partial charge on any atom is -0.393 e. The van der Waals surface area contributed by atoms with Gasteiger partial charge < -0.3 is 20.3 Å². The highest BCUT2D eigenvalue weighted by atomic mass is 16.3. The van der Waals surface area contributed by atoms with Crippen LogP contribution in [0.2, 0.25) is 0 Å². The SMILES string of the molecule is OC1CCC(Nc2nc(NCc3ccccc3)c3ncn(C4CCCCC4)c3n2)CC1. The number of fused-ring (bicyclic) bond motifs is 1. The quantitative estimate of drug-likeness (QED) is 0.538. The molecular formula is C24H32N6O. The molecule has 3 aromatic rings. The summed E-state index contributed by atoms with van der Waals surface area (Å²) >= 11 is 0. The number of nitrogens with one attached hydrogen (secondary N) is 2. The maximum atomic E-state index is 9.83. The standard InChI is InChI=1S/C24H32N6O/c31-20-13-11-18(12-14-20)27-24-28-22(25-15-17-7-3-1-4-8-17)21-23(29-24)30(16-26-21)19-9-5-2-6-10-19/h1,3-4,7-8,16,18-20,31H,2,5-6,9-15H2,(H2,25,27,28,29). The minimum absolute atomic E-state index is 0.169. The molecule has 0 spiro atoms. The number of imidazole rings is 1. The molecule has 2 aromatic heterocycles. The van der Waals surface area contributed by atoms with Gasteiger partial charge in [0.2, 0.25) is 5.95 Å². The van der Waals surface area contributed by atoms with Gasteiger partial charge in [0, 0.05) is 18.6 Å². The third-order valence-electron chi connectivity index (χ3n) is 6.72. The first kappa shape index (κ1) is 20.2. The van der Waals surface area contributed by atoms with Crippen molar-refractivity contribution in [2.24, 2.45) is 0 Å². The molecule has 0 bridgehead atoms. The van der Waals surface area contributed by atoms with Crippen molar-refractivity contribution in [3.63, 3.8) is 0 Å². The molecule has 2 aliphatic rings. The van der Waals surface area contributed by atoms with Gasteiger partial charge in [0.05, 0.1) is 12.4 Å². The summed E-state index contributed by atoms with van der Waals surface area (Å²) in [5.74, 6) is 1.43. The van der Waals surface area contributed by atoms with E-state index in [-0.39, 0.29) is 6.10 Å². The molecule has 0 saturated heterocycles. The van der Waals surface area contributed by atoms with Crippen molar-refractivity contribution in [1.82, 2.24) is 19.5 Å². The zero-order valence-electron chi connectivity index (χ0n) is 18.0. The number of aromatic nitrogens is 4. The monoisotopic (exact) mass is 420 g/mol. The molecule has 2 aliphatic carbocycles. The Morgan fingerprint density at radius 1 is 0.935 bits per heavy atom. The van der Waals surface area contributed by atoms with Gasteiger partial charge in [-0.15, -0.1) is 0 Å². The second-order valence-corrected chi connectivity index (χ2v) is 9.00. The predicted octanol–water partition coefficient (Wildman–Crippen LogP) is 4.66. The van der Waals surface area contributed by atoms with Gasteiger partial charge in [-0.1, -0.05) is 49.6 Å². The second-order valence-electron chi connectivity index (χ2n) is 9.00. The van der Waals surface area contributed by atoms with Crippen LogP contribution in [0.5, 0.6) is 0 Å². The van der Waals surface area contributed by atoms with Gasteiger partial charge in [-0.05, 0) is 44.1 Å². The Balaban J connectivity index is 1.45. The van der Waals surface area contributed by atoms with Crippen LogP contribution in [0, 0.1) is 0 Å². The van der Waals surface area contributed by atoms with Gasteiger partial charge in [-0.3, -0.25) is 0 Å². The van der Waals surface area contributed by atoms with Crippen molar-refractivity contribution in [3.05, 3.63) is 42.2 Å². The van der Waals surface area contributed by atoms with Crippen molar-refractivity contribution in [1.29, 1.82) is 0 Å². The highest BCUT2D eigenvalue weighted by molar-refractivity contribution is 5.84. The average molecular weight is 421 g/mol. The van der Waals surface area contributed by atoms with Gasteiger partial charge in [-0.2, -0.15) is 9.97 Å². The van der Waals surface area contributed by atoms with Crippen LogP contribution < -0.4 is 10.6 Å². The second kappa shape index (κ2) is 9.22. The fraction of sp³-hybridized carbons (Fsp3) is 0.542. The third kappa shape index (κ3) is 4.66. The van der Waals surface area contributed by atoms with Crippen LogP contribution in [-0.2, 0) is 6.54 Å². The summed E-state index contributed by atoms with van der Waals surface area (Å²) in [6.07, 6.45) is 11.6. The largest absolute Gasteiger partial charge is 0.393 e. The summed E-state index contributed by atoms with van der Waals surface area (Å²) in [6.45, 7) is 0.693. The van der Waals surface area contributed by atoms with E-state index >= 15 is 0 Å². The normalized spacial score (nSPS) is 22.5. The van der Waals surface area contributed by atoms with Crippen molar-refractivity contribution in [2.45, 2.75) is 82.5 Å². The van der Waals surface area contributed by atoms with E-state index in [1.165, 1.54) is 37.7 Å². The molecule has 0 aliphatic heterocycles. The first-order chi connectivity index (χ1) is 15.3. The molecule has 7 heteroatoms. The lowest BCUT2D eigenvalue weighted by molar-refractivity contribution is 0.126. The molecule has 164 valence electrons. The van der Waals surface area contributed by atoms with Crippen molar-refractivity contribution in [3.8, 4) is 0 Å². The Bertz CT molecular complexity index is 990. The molecule has 31 heavy (non-hydrogen) atoms. The molecule has 0 unspecified atom stereocenters. The van der Waals surface area contributed by atoms with E-state index in [9.17, 15) is 5.11 Å². The molecule has 0 atom stereocenters. The maximum absolute atomic E-state index is 9.83. The maximum Gasteiger partial charge on any atom is 0.227 e. The van der Waals surface area contributed by atoms with E-state index in [1.54, 1.807) is 0 Å². The molecule has 0 radical (unpaired) electrons. The highest BCUT2D eigenvalue weighted by Crippen LogP contribution is 2.32. The van der Waals surface area contributed by atoms with E-state index in [0.29, 0.717) is 24.6 Å². The Morgan fingerprint density at radius 2 is 1.71 bits per heavy atom. The zero-order valence-corrected chi connectivity index (χ0v) is 18.0. The first-order valence-corrected chi connectivity index (χ1v) is 11.7. The van der Waals surface area contributed by atoms with Crippen LogP contribution in [0.15, 0.2) is 36.7 Å². The summed E-state index contributed by atoms with van der Waals surface area (Å²) in [4.78, 5) is 14.4. The van der Waals surface area contributed by atoms with Crippen molar-refractivity contribution in [2.75, 3.05) is 10.6 Å². The Hall–Kier alpha value is -2.67. The Morgan fingerprint density at radius 3 is 2.48 bits per heavy atom. The first-order valence-electron chi connectivity index (χ1n) is 11.7. The van der Waals surface area contributed by atoms with Crippen LogP contribution in [-0.4, -0.2) is 36.8 Å². The van der Waals surface area contributed by atoms with Gasteiger partial charge in [-0.25, -0.2) is 4.98 Å². The van der Waals surface area contributed by atoms with Crippen LogP contribution in [0.4, 0.5) is 11.8 Å². The topological polar surface area (TPSA) is 87.9 Å². The van der Waals surface area contributed by atoms with E-state index in [0.717, 1.165) is 42.7 Å². The van der Waals surface area contributed by atoms with Crippen LogP contribution in [0.1, 0.15) is 69.4 Å². The van der Waals surface area contributed by atoms with Gasteiger partial charge >= 0.3 is 0 Å². The molecule has 3 N–H and O–H groups in total. The number of nitrogens with zero attached hydrogens (tertiary/aromatic N) is 4. The van der Waals surface area contributed by atoms with Gasteiger partial charge in [0.15, 0.2) is 17.0 Å². The van der Waals surface area contributed by atoms with Crippen LogP contribution in [0.3, 0.4) is 0 Å². The van der Waals surface area contributed by atoms with E-state index in [4.69, 9.17) is 15.0 Å². The number of aliphatic hydroxyl groups is 1. The average Bonchev–Trinajstić information content (AvgIpc) is 3.24. The summed E-state index contributed by atoms with van der Waals surface area (Å²) < 4.78 is 2.26. The van der Waals surface area contributed by atoms with Crippen molar-refractivity contribution >= 4 is 22.9 Å². The molecule has 2 saturated carbocycles. The van der Waals surface area contributed by atoms with Gasteiger partial charge in [0.1, 0.15) is 0 Å². The smallest absolute Gasteiger partial charge is 0.227 e. The number of aliphatic hydroxyl groups excluding tert-OH is 1. The number of anilines is 2. The molecule has 7 nitrogen and oxygen atoms in total.